The molecule has 2 fully saturated rings. The van der Waals surface area contributed by atoms with E-state index >= 15 is 0 Å². The van der Waals surface area contributed by atoms with Crippen molar-refractivity contribution in [3.8, 4) is 5.75 Å². The summed E-state index contributed by atoms with van der Waals surface area (Å²) in [6.07, 6.45) is 0.343. The topological polar surface area (TPSA) is 59.1 Å². The van der Waals surface area contributed by atoms with Crippen molar-refractivity contribution in [1.29, 1.82) is 0 Å². The first kappa shape index (κ1) is 22.2. The van der Waals surface area contributed by atoms with E-state index in [1.54, 1.807) is 4.90 Å². The molecule has 0 saturated carbocycles. The van der Waals surface area contributed by atoms with Gasteiger partial charge < -0.3 is 19.3 Å². The van der Waals surface area contributed by atoms with Gasteiger partial charge in [-0.2, -0.15) is 0 Å². The molecule has 0 aromatic heterocycles. The molecule has 0 bridgehead atoms. The molecule has 2 aromatic rings. The zero-order valence-corrected chi connectivity index (χ0v) is 17.7. The van der Waals surface area contributed by atoms with Crippen LogP contribution in [-0.4, -0.2) is 67.1 Å². The van der Waals surface area contributed by atoms with E-state index in [0.717, 1.165) is 12.1 Å². The number of carbonyl (C=O) groups excluding carboxylic acids is 2. The number of hydrogen-bond acceptors (Lipinski definition) is 4. The van der Waals surface area contributed by atoms with Gasteiger partial charge in [0.2, 0.25) is 5.91 Å². The Labute approximate surface area is 185 Å². The minimum atomic E-state index is -0.890. The van der Waals surface area contributed by atoms with Crippen molar-refractivity contribution in [1.82, 2.24) is 9.80 Å². The van der Waals surface area contributed by atoms with Gasteiger partial charge in [0.25, 0.3) is 5.91 Å². The number of carbonyl (C=O) groups is 2. The number of hydrogen-bond donors (Lipinski definition) is 0. The molecule has 0 unspecified atom stereocenters. The van der Waals surface area contributed by atoms with Crippen LogP contribution in [0.15, 0.2) is 48.5 Å². The van der Waals surface area contributed by atoms with Crippen LogP contribution in [0.1, 0.15) is 23.2 Å². The van der Waals surface area contributed by atoms with Crippen LogP contribution < -0.4 is 4.74 Å². The molecule has 0 aliphatic carbocycles. The number of halogens is 2. The van der Waals surface area contributed by atoms with Crippen LogP contribution >= 0.6 is 0 Å². The van der Waals surface area contributed by atoms with Crippen LogP contribution in [0.4, 0.5) is 8.78 Å². The lowest BCUT2D eigenvalue weighted by Gasteiger charge is -2.39. The van der Waals surface area contributed by atoms with Gasteiger partial charge in [0.15, 0.2) is 0 Å². The number of benzene rings is 2. The van der Waals surface area contributed by atoms with E-state index in [0.29, 0.717) is 38.5 Å². The van der Waals surface area contributed by atoms with Crippen molar-refractivity contribution in [2.24, 2.45) is 5.92 Å². The number of amides is 2. The third kappa shape index (κ3) is 5.07. The highest BCUT2D eigenvalue weighted by Gasteiger charge is 2.37. The van der Waals surface area contributed by atoms with Gasteiger partial charge in [-0.3, -0.25) is 9.59 Å². The molecule has 170 valence electrons. The summed E-state index contributed by atoms with van der Waals surface area (Å²) in [6.45, 7) is 2.51. The van der Waals surface area contributed by atoms with Crippen LogP contribution in [-0.2, 0) is 9.53 Å². The second-order valence-corrected chi connectivity index (χ2v) is 8.06. The summed E-state index contributed by atoms with van der Waals surface area (Å²) in [6, 6.07) is 12.7. The van der Waals surface area contributed by atoms with Crippen molar-refractivity contribution in [3.63, 3.8) is 0 Å². The second-order valence-electron chi connectivity index (χ2n) is 8.06. The second kappa shape index (κ2) is 10.1. The smallest absolute Gasteiger partial charge is 0.259 e. The molecule has 0 radical (unpaired) electrons. The summed E-state index contributed by atoms with van der Waals surface area (Å²) in [4.78, 5) is 29.0. The summed E-state index contributed by atoms with van der Waals surface area (Å²) in [5, 5.41) is 0. The maximum absolute atomic E-state index is 14.2. The predicted octanol–water partition coefficient (Wildman–Crippen LogP) is 3.12. The maximum Gasteiger partial charge on any atom is 0.259 e. The molecule has 2 amide bonds. The third-order valence-electron chi connectivity index (χ3n) is 5.96. The van der Waals surface area contributed by atoms with Gasteiger partial charge in [0.05, 0.1) is 13.2 Å². The van der Waals surface area contributed by atoms with Crippen molar-refractivity contribution in [2.45, 2.75) is 18.9 Å². The molecular formula is C24H26F2N2O4. The standard InChI is InChI=1S/C24H26F2N2O4/c25-19-7-4-8-20(26)23(19)24(30)28-10-9-21(32-18-5-2-1-3-6-18)17(16-28)15-22(29)27-11-13-31-14-12-27/h1-8,17,21H,9-16H2/t17-,21-/m0/s1. The number of piperidine rings is 1. The van der Waals surface area contributed by atoms with Gasteiger partial charge in [-0.1, -0.05) is 24.3 Å². The van der Waals surface area contributed by atoms with Gasteiger partial charge in [0.1, 0.15) is 29.1 Å². The molecule has 2 aliphatic heterocycles. The Morgan fingerprint density at radius 2 is 1.62 bits per heavy atom. The normalized spacial score (nSPS) is 21.3. The van der Waals surface area contributed by atoms with E-state index in [4.69, 9.17) is 9.47 Å². The van der Waals surface area contributed by atoms with E-state index in [-0.39, 0.29) is 37.4 Å². The number of rotatable bonds is 5. The Kier molecular flexibility index (Phi) is 6.99. The monoisotopic (exact) mass is 444 g/mol. The zero-order valence-electron chi connectivity index (χ0n) is 17.7. The average Bonchev–Trinajstić information content (AvgIpc) is 2.81. The highest BCUT2D eigenvalue weighted by atomic mass is 19.1. The number of morpholine rings is 1. The molecular weight excluding hydrogens is 418 g/mol. The molecule has 6 nitrogen and oxygen atoms in total. The van der Waals surface area contributed by atoms with Crippen LogP contribution in [0.3, 0.4) is 0 Å². The van der Waals surface area contributed by atoms with E-state index < -0.39 is 23.1 Å². The summed E-state index contributed by atoms with van der Waals surface area (Å²) in [5.74, 6) is -2.15. The minimum absolute atomic E-state index is 0.0358. The highest BCUT2D eigenvalue weighted by molar-refractivity contribution is 5.95. The Hall–Kier alpha value is -3.00. The molecule has 32 heavy (non-hydrogen) atoms. The Balaban J connectivity index is 1.51. The van der Waals surface area contributed by atoms with Gasteiger partial charge >= 0.3 is 0 Å². The van der Waals surface area contributed by atoms with E-state index in [1.807, 2.05) is 30.3 Å². The Morgan fingerprint density at radius 3 is 2.31 bits per heavy atom. The third-order valence-corrected chi connectivity index (χ3v) is 5.96. The number of likely N-dealkylation sites (tertiary alicyclic amines) is 1. The summed E-state index contributed by atoms with van der Waals surface area (Å²) in [5.41, 5.74) is -0.562. The highest BCUT2D eigenvalue weighted by Crippen LogP contribution is 2.28. The molecule has 4 rings (SSSR count). The molecule has 0 spiro atoms. The van der Waals surface area contributed by atoms with Crippen molar-refractivity contribution in [3.05, 3.63) is 65.7 Å². The molecule has 2 aromatic carbocycles. The Morgan fingerprint density at radius 1 is 0.938 bits per heavy atom. The molecule has 8 heteroatoms. The number of ether oxygens (including phenoxy) is 2. The molecule has 2 heterocycles. The predicted molar refractivity (Wildman–Crippen MR) is 113 cm³/mol. The molecule has 2 atom stereocenters. The lowest BCUT2D eigenvalue weighted by molar-refractivity contribution is -0.137. The van der Waals surface area contributed by atoms with Crippen molar-refractivity contribution in [2.75, 3.05) is 39.4 Å². The van der Waals surface area contributed by atoms with Crippen molar-refractivity contribution < 1.29 is 27.8 Å². The quantitative estimate of drug-likeness (QED) is 0.711. The van der Waals surface area contributed by atoms with Crippen LogP contribution in [0.5, 0.6) is 5.75 Å². The zero-order chi connectivity index (χ0) is 22.5. The first-order chi connectivity index (χ1) is 15.5. The van der Waals surface area contributed by atoms with E-state index in [2.05, 4.69) is 0 Å². The fourth-order valence-electron chi connectivity index (χ4n) is 4.25. The van der Waals surface area contributed by atoms with Crippen LogP contribution in [0, 0.1) is 17.6 Å². The number of para-hydroxylation sites is 1. The molecule has 2 saturated heterocycles. The first-order valence-corrected chi connectivity index (χ1v) is 10.8. The van der Waals surface area contributed by atoms with E-state index in [9.17, 15) is 18.4 Å². The fraction of sp³-hybridized carbons (Fsp3) is 0.417. The SMILES string of the molecule is O=C(C[C@H]1CN(C(=O)c2c(F)cccc2F)CC[C@@H]1Oc1ccccc1)N1CCOCC1. The minimum Gasteiger partial charge on any atom is -0.490 e. The summed E-state index contributed by atoms with van der Waals surface area (Å²) < 4.78 is 39.8. The van der Waals surface area contributed by atoms with Gasteiger partial charge in [-0.15, -0.1) is 0 Å². The largest absolute Gasteiger partial charge is 0.490 e. The van der Waals surface area contributed by atoms with Gasteiger partial charge in [0, 0.05) is 44.9 Å². The summed E-state index contributed by atoms with van der Waals surface area (Å²) >= 11 is 0. The lowest BCUT2D eigenvalue weighted by atomic mass is 9.90. The van der Waals surface area contributed by atoms with Gasteiger partial charge in [-0.25, -0.2) is 8.78 Å². The van der Waals surface area contributed by atoms with Crippen LogP contribution in [0.25, 0.3) is 0 Å². The maximum atomic E-state index is 14.2. The average molecular weight is 444 g/mol. The lowest BCUT2D eigenvalue weighted by Crippen LogP contribution is -2.50. The number of nitrogens with zero attached hydrogens (tertiary/aromatic N) is 2. The molecule has 2 aliphatic rings. The fourth-order valence-corrected chi connectivity index (χ4v) is 4.25. The van der Waals surface area contributed by atoms with E-state index in [1.165, 1.54) is 11.0 Å². The van der Waals surface area contributed by atoms with Crippen molar-refractivity contribution >= 4 is 11.8 Å². The Bertz CT molecular complexity index is 930. The molecule has 0 N–H and O–H groups in total. The summed E-state index contributed by atoms with van der Waals surface area (Å²) in [7, 11) is 0. The van der Waals surface area contributed by atoms with Gasteiger partial charge in [-0.05, 0) is 24.3 Å². The first-order valence-electron chi connectivity index (χ1n) is 10.8. The van der Waals surface area contributed by atoms with Crippen LogP contribution in [0.2, 0.25) is 0 Å².